The van der Waals surface area contributed by atoms with Crippen LogP contribution in [0.2, 0.25) is 0 Å². The van der Waals surface area contributed by atoms with Gasteiger partial charge in [-0.15, -0.1) is 0 Å². The van der Waals surface area contributed by atoms with E-state index in [2.05, 4.69) is 5.32 Å². The molecule has 1 heterocycles. The van der Waals surface area contributed by atoms with Crippen molar-refractivity contribution in [3.8, 4) is 0 Å². The predicted molar refractivity (Wildman–Crippen MR) is 102 cm³/mol. The number of hydrogen-bond donors (Lipinski definition) is 1. The van der Waals surface area contributed by atoms with E-state index in [0.717, 1.165) is 0 Å². The zero-order valence-corrected chi connectivity index (χ0v) is 15.2. The number of ketones is 2. The van der Waals surface area contributed by atoms with Gasteiger partial charge in [0.1, 0.15) is 0 Å². The van der Waals surface area contributed by atoms with Crippen molar-refractivity contribution in [2.24, 2.45) is 5.92 Å². The Labute approximate surface area is 157 Å². The molecule has 1 aliphatic rings. The van der Waals surface area contributed by atoms with Gasteiger partial charge in [0.05, 0.1) is 5.92 Å². The van der Waals surface area contributed by atoms with E-state index in [1.165, 1.54) is 18.7 Å². The van der Waals surface area contributed by atoms with Gasteiger partial charge in [0.15, 0.2) is 11.6 Å². The Morgan fingerprint density at radius 2 is 1.63 bits per heavy atom. The van der Waals surface area contributed by atoms with E-state index in [1.54, 1.807) is 48.5 Å². The SMILES string of the molecule is CC(=O)c1ccc(NC(=O)C2CC(=O)N(c3cccc(C(C)=O)c3)C2)cc1. The van der Waals surface area contributed by atoms with E-state index in [-0.39, 0.29) is 36.3 Å². The summed E-state index contributed by atoms with van der Waals surface area (Å²) in [5, 5.41) is 2.79. The van der Waals surface area contributed by atoms with Crippen molar-refractivity contribution < 1.29 is 19.2 Å². The summed E-state index contributed by atoms with van der Waals surface area (Å²) in [6, 6.07) is 13.5. The Morgan fingerprint density at radius 3 is 2.26 bits per heavy atom. The Balaban J connectivity index is 1.69. The lowest BCUT2D eigenvalue weighted by atomic mass is 10.1. The number of nitrogens with one attached hydrogen (secondary N) is 1. The summed E-state index contributed by atoms with van der Waals surface area (Å²) in [6.07, 6.45) is 0.113. The van der Waals surface area contributed by atoms with Crippen molar-refractivity contribution in [2.45, 2.75) is 20.3 Å². The fraction of sp³-hybridized carbons (Fsp3) is 0.238. The highest BCUT2D eigenvalue weighted by molar-refractivity contribution is 6.04. The highest BCUT2D eigenvalue weighted by Crippen LogP contribution is 2.27. The summed E-state index contributed by atoms with van der Waals surface area (Å²) in [7, 11) is 0. The second-order valence-electron chi connectivity index (χ2n) is 6.63. The van der Waals surface area contributed by atoms with Crippen molar-refractivity contribution in [1.29, 1.82) is 0 Å². The molecule has 1 fully saturated rings. The van der Waals surface area contributed by atoms with Crippen LogP contribution >= 0.6 is 0 Å². The summed E-state index contributed by atoms with van der Waals surface area (Å²) >= 11 is 0. The highest BCUT2D eigenvalue weighted by atomic mass is 16.2. The molecule has 0 radical (unpaired) electrons. The zero-order chi connectivity index (χ0) is 19.6. The summed E-state index contributed by atoms with van der Waals surface area (Å²) in [5.74, 6) is -0.998. The van der Waals surface area contributed by atoms with E-state index in [1.807, 2.05) is 0 Å². The monoisotopic (exact) mass is 364 g/mol. The van der Waals surface area contributed by atoms with Crippen LogP contribution in [0.1, 0.15) is 41.0 Å². The molecule has 6 heteroatoms. The van der Waals surface area contributed by atoms with Gasteiger partial charge in [0.2, 0.25) is 11.8 Å². The third-order valence-corrected chi connectivity index (χ3v) is 4.62. The van der Waals surface area contributed by atoms with Crippen LogP contribution in [-0.2, 0) is 9.59 Å². The molecule has 0 aliphatic carbocycles. The number of Topliss-reactive ketones (excluding diaryl/α,β-unsaturated/α-hetero) is 2. The number of carbonyl (C=O) groups excluding carboxylic acids is 4. The van der Waals surface area contributed by atoms with Gasteiger partial charge in [-0.05, 0) is 50.2 Å². The lowest BCUT2D eigenvalue weighted by Crippen LogP contribution is -2.28. The van der Waals surface area contributed by atoms with Crippen LogP contribution in [0.25, 0.3) is 0 Å². The van der Waals surface area contributed by atoms with Crippen molar-refractivity contribution in [1.82, 2.24) is 0 Å². The maximum absolute atomic E-state index is 12.5. The highest BCUT2D eigenvalue weighted by Gasteiger charge is 2.35. The van der Waals surface area contributed by atoms with Gasteiger partial charge in [-0.3, -0.25) is 19.2 Å². The molecule has 6 nitrogen and oxygen atoms in total. The van der Waals surface area contributed by atoms with Gasteiger partial charge in [-0.1, -0.05) is 12.1 Å². The molecule has 0 aromatic heterocycles. The predicted octanol–water partition coefficient (Wildman–Crippen LogP) is 3.08. The minimum Gasteiger partial charge on any atom is -0.326 e. The van der Waals surface area contributed by atoms with Gasteiger partial charge < -0.3 is 10.2 Å². The fourth-order valence-electron chi connectivity index (χ4n) is 3.06. The molecule has 3 rings (SSSR count). The Hall–Kier alpha value is -3.28. The average Bonchev–Trinajstić information content (AvgIpc) is 3.04. The number of anilines is 2. The van der Waals surface area contributed by atoms with E-state index < -0.39 is 5.92 Å². The molecule has 2 aromatic carbocycles. The minimum absolute atomic E-state index is 0.0438. The third kappa shape index (κ3) is 4.11. The maximum atomic E-state index is 12.5. The molecule has 1 saturated heterocycles. The molecule has 138 valence electrons. The van der Waals surface area contributed by atoms with Gasteiger partial charge in [0.25, 0.3) is 0 Å². The minimum atomic E-state index is -0.481. The molecule has 1 unspecified atom stereocenters. The van der Waals surface area contributed by atoms with Crippen molar-refractivity contribution in [3.63, 3.8) is 0 Å². The molecule has 1 aliphatic heterocycles. The quantitative estimate of drug-likeness (QED) is 0.827. The molecule has 2 aromatic rings. The molecule has 1 N–H and O–H groups in total. The van der Waals surface area contributed by atoms with Crippen LogP contribution in [-0.4, -0.2) is 29.9 Å². The van der Waals surface area contributed by atoms with Crippen LogP contribution in [0.15, 0.2) is 48.5 Å². The molecular formula is C21H20N2O4. The number of benzene rings is 2. The van der Waals surface area contributed by atoms with E-state index in [4.69, 9.17) is 0 Å². The normalized spacial score (nSPS) is 16.3. The second kappa shape index (κ2) is 7.53. The second-order valence-corrected chi connectivity index (χ2v) is 6.63. The summed E-state index contributed by atoms with van der Waals surface area (Å²) in [5.41, 5.74) is 2.29. The van der Waals surface area contributed by atoms with Crippen LogP contribution in [0.3, 0.4) is 0 Å². The van der Waals surface area contributed by atoms with E-state index in [0.29, 0.717) is 22.5 Å². The molecule has 27 heavy (non-hydrogen) atoms. The van der Waals surface area contributed by atoms with E-state index in [9.17, 15) is 19.2 Å². The average molecular weight is 364 g/mol. The molecular weight excluding hydrogens is 344 g/mol. The summed E-state index contributed by atoms with van der Waals surface area (Å²) < 4.78 is 0. The molecule has 0 saturated carbocycles. The van der Waals surface area contributed by atoms with Gasteiger partial charge >= 0.3 is 0 Å². The Kier molecular flexibility index (Phi) is 5.16. The van der Waals surface area contributed by atoms with Crippen LogP contribution in [0.5, 0.6) is 0 Å². The first kappa shape index (κ1) is 18.5. The lowest BCUT2D eigenvalue weighted by molar-refractivity contribution is -0.122. The largest absolute Gasteiger partial charge is 0.326 e. The Morgan fingerprint density at radius 1 is 0.963 bits per heavy atom. The lowest BCUT2D eigenvalue weighted by Gasteiger charge is -2.17. The molecule has 2 amide bonds. The van der Waals surface area contributed by atoms with Crippen LogP contribution < -0.4 is 10.2 Å². The number of nitrogens with zero attached hydrogens (tertiary/aromatic N) is 1. The van der Waals surface area contributed by atoms with Gasteiger partial charge in [0, 0.05) is 35.5 Å². The number of amides is 2. The first-order valence-corrected chi connectivity index (χ1v) is 8.68. The number of hydrogen-bond acceptors (Lipinski definition) is 4. The summed E-state index contributed by atoms with van der Waals surface area (Å²) in [6.45, 7) is 3.21. The first-order chi connectivity index (χ1) is 12.8. The standard InChI is InChI=1S/C21H20N2O4/c1-13(24)15-6-8-18(9-7-15)22-21(27)17-11-20(26)23(12-17)19-5-3-4-16(10-19)14(2)25/h3-10,17H,11-12H2,1-2H3,(H,22,27). The Bertz CT molecular complexity index is 918. The molecule has 0 bridgehead atoms. The van der Waals surface area contributed by atoms with Crippen molar-refractivity contribution >= 4 is 34.8 Å². The third-order valence-electron chi connectivity index (χ3n) is 4.62. The summed E-state index contributed by atoms with van der Waals surface area (Å²) in [4.78, 5) is 49.3. The molecule has 0 spiro atoms. The van der Waals surface area contributed by atoms with Crippen LogP contribution in [0.4, 0.5) is 11.4 Å². The number of carbonyl (C=O) groups is 4. The van der Waals surface area contributed by atoms with Crippen molar-refractivity contribution in [3.05, 3.63) is 59.7 Å². The zero-order valence-electron chi connectivity index (χ0n) is 15.2. The smallest absolute Gasteiger partial charge is 0.229 e. The van der Waals surface area contributed by atoms with E-state index >= 15 is 0 Å². The maximum Gasteiger partial charge on any atom is 0.229 e. The van der Waals surface area contributed by atoms with Crippen molar-refractivity contribution in [2.75, 3.05) is 16.8 Å². The topological polar surface area (TPSA) is 83.6 Å². The van der Waals surface area contributed by atoms with Gasteiger partial charge in [-0.2, -0.15) is 0 Å². The first-order valence-electron chi connectivity index (χ1n) is 8.68. The van der Waals surface area contributed by atoms with Crippen LogP contribution in [0, 0.1) is 5.92 Å². The van der Waals surface area contributed by atoms with Gasteiger partial charge in [-0.25, -0.2) is 0 Å². The number of rotatable bonds is 5. The molecule has 1 atom stereocenters. The fourth-order valence-corrected chi connectivity index (χ4v) is 3.06.